The van der Waals surface area contributed by atoms with E-state index in [1.165, 1.54) is 19.1 Å². The molecule has 8 heteroatoms. The number of hydrogen-bond donors (Lipinski definition) is 1. The van der Waals surface area contributed by atoms with Crippen LogP contribution in [0.3, 0.4) is 0 Å². The van der Waals surface area contributed by atoms with Gasteiger partial charge in [0.15, 0.2) is 0 Å². The summed E-state index contributed by atoms with van der Waals surface area (Å²) in [6.45, 7) is 2.40. The van der Waals surface area contributed by atoms with Crippen molar-refractivity contribution in [2.24, 2.45) is 0 Å². The lowest BCUT2D eigenvalue weighted by molar-refractivity contribution is -0.384. The summed E-state index contributed by atoms with van der Waals surface area (Å²) >= 11 is 1.99. The van der Waals surface area contributed by atoms with Gasteiger partial charge >= 0.3 is 0 Å². The van der Waals surface area contributed by atoms with Crippen LogP contribution >= 0.6 is 22.6 Å². The number of likely N-dealkylation sites (tertiary alicyclic amines) is 1. The molecule has 2 amide bonds. The number of nitrogens with zero attached hydrogens (tertiary/aromatic N) is 2. The first-order valence-corrected chi connectivity index (χ1v) is 7.46. The van der Waals surface area contributed by atoms with Gasteiger partial charge < -0.3 is 10.2 Å². The molecule has 0 spiro atoms. The molecule has 2 rings (SSSR count). The molecule has 1 aromatic carbocycles. The summed E-state index contributed by atoms with van der Waals surface area (Å²) in [6.07, 6.45) is 0.691. The van der Waals surface area contributed by atoms with Crippen LogP contribution in [0.4, 0.5) is 5.69 Å². The van der Waals surface area contributed by atoms with Crippen LogP contribution in [0.5, 0.6) is 0 Å². The number of amides is 2. The molecule has 1 fully saturated rings. The Morgan fingerprint density at radius 1 is 1.48 bits per heavy atom. The first-order valence-electron chi connectivity index (χ1n) is 6.39. The average Bonchev–Trinajstić information content (AvgIpc) is 2.85. The Morgan fingerprint density at radius 2 is 2.19 bits per heavy atom. The molecule has 1 aliphatic heterocycles. The second-order valence-corrected chi connectivity index (χ2v) is 6.02. The Bertz CT molecular complexity index is 605. The molecule has 1 atom stereocenters. The van der Waals surface area contributed by atoms with Gasteiger partial charge in [0.1, 0.15) is 0 Å². The van der Waals surface area contributed by atoms with Crippen molar-refractivity contribution in [3.05, 3.63) is 37.4 Å². The Morgan fingerprint density at radius 3 is 2.81 bits per heavy atom. The number of non-ortho nitro benzene ring substituents is 1. The summed E-state index contributed by atoms with van der Waals surface area (Å²) in [5.74, 6) is -0.366. The van der Waals surface area contributed by atoms with E-state index in [-0.39, 0.29) is 23.5 Å². The summed E-state index contributed by atoms with van der Waals surface area (Å²) in [4.78, 5) is 35.4. The second kappa shape index (κ2) is 6.37. The normalized spacial score (nSPS) is 17.6. The van der Waals surface area contributed by atoms with E-state index in [1.807, 2.05) is 22.6 Å². The van der Waals surface area contributed by atoms with Gasteiger partial charge in [-0.05, 0) is 35.1 Å². The van der Waals surface area contributed by atoms with Gasteiger partial charge in [-0.3, -0.25) is 19.7 Å². The van der Waals surface area contributed by atoms with E-state index in [2.05, 4.69) is 5.32 Å². The fourth-order valence-electron chi connectivity index (χ4n) is 2.31. The third-order valence-corrected chi connectivity index (χ3v) is 4.21. The van der Waals surface area contributed by atoms with Gasteiger partial charge in [-0.25, -0.2) is 0 Å². The standard InChI is InChI=1S/C13H14IN3O4/c1-8(18)15-9-4-5-16(7-9)13(19)11-6-10(17(20)21)2-3-12(11)14/h2-3,6,9H,4-5,7H2,1H3,(H,15,18). The predicted octanol–water partition coefficient (Wildman–Crippen LogP) is 1.55. The number of carbonyl (C=O) groups is 2. The van der Waals surface area contributed by atoms with Gasteiger partial charge in [0.25, 0.3) is 11.6 Å². The first-order chi connectivity index (χ1) is 9.88. The van der Waals surface area contributed by atoms with Crippen LogP contribution in [0.15, 0.2) is 18.2 Å². The molecular formula is C13H14IN3O4. The Balaban J connectivity index is 2.15. The smallest absolute Gasteiger partial charge is 0.270 e. The van der Waals surface area contributed by atoms with Gasteiger partial charge in [0.2, 0.25) is 5.91 Å². The highest BCUT2D eigenvalue weighted by atomic mass is 127. The molecule has 21 heavy (non-hydrogen) atoms. The summed E-state index contributed by atoms with van der Waals surface area (Å²) in [7, 11) is 0. The summed E-state index contributed by atoms with van der Waals surface area (Å²) in [6, 6.07) is 4.19. The van der Waals surface area contributed by atoms with Crippen LogP contribution in [0.2, 0.25) is 0 Å². The zero-order chi connectivity index (χ0) is 15.6. The van der Waals surface area contributed by atoms with Crippen molar-refractivity contribution in [1.29, 1.82) is 0 Å². The third-order valence-electron chi connectivity index (χ3n) is 3.27. The van der Waals surface area contributed by atoms with Gasteiger partial charge in [0, 0.05) is 41.8 Å². The van der Waals surface area contributed by atoms with E-state index in [9.17, 15) is 19.7 Å². The molecule has 0 aliphatic carbocycles. The monoisotopic (exact) mass is 403 g/mol. The number of nitro groups is 1. The van der Waals surface area contributed by atoms with Crippen molar-refractivity contribution in [3.8, 4) is 0 Å². The van der Waals surface area contributed by atoms with Gasteiger partial charge in [0.05, 0.1) is 10.5 Å². The highest BCUT2D eigenvalue weighted by molar-refractivity contribution is 14.1. The quantitative estimate of drug-likeness (QED) is 0.471. The molecule has 1 heterocycles. The molecule has 1 aliphatic rings. The van der Waals surface area contributed by atoms with Crippen molar-refractivity contribution >= 4 is 40.1 Å². The molecule has 0 bridgehead atoms. The highest BCUT2D eigenvalue weighted by Crippen LogP contribution is 2.22. The Kier molecular flexibility index (Phi) is 4.76. The Hall–Kier alpha value is -1.71. The first kappa shape index (κ1) is 15.7. The van der Waals surface area contributed by atoms with Crippen LogP contribution in [-0.2, 0) is 4.79 Å². The molecule has 0 aromatic heterocycles. The Labute approximate surface area is 135 Å². The van der Waals surface area contributed by atoms with Crippen molar-refractivity contribution in [2.75, 3.05) is 13.1 Å². The van der Waals surface area contributed by atoms with Crippen molar-refractivity contribution in [3.63, 3.8) is 0 Å². The van der Waals surface area contributed by atoms with Crippen molar-refractivity contribution in [1.82, 2.24) is 10.2 Å². The molecule has 1 N–H and O–H groups in total. The zero-order valence-corrected chi connectivity index (χ0v) is 13.5. The van der Waals surface area contributed by atoms with Gasteiger partial charge in [-0.1, -0.05) is 0 Å². The van der Waals surface area contributed by atoms with E-state index < -0.39 is 4.92 Å². The number of benzene rings is 1. The fourth-order valence-corrected chi connectivity index (χ4v) is 2.88. The maximum atomic E-state index is 12.5. The molecule has 0 radical (unpaired) electrons. The number of halogens is 1. The van der Waals surface area contributed by atoms with E-state index >= 15 is 0 Å². The number of hydrogen-bond acceptors (Lipinski definition) is 4. The molecule has 1 saturated heterocycles. The number of carbonyl (C=O) groups excluding carboxylic acids is 2. The number of nitro benzene ring substituents is 1. The summed E-state index contributed by atoms with van der Waals surface area (Å²) < 4.78 is 0.672. The van der Waals surface area contributed by atoms with E-state index in [0.29, 0.717) is 28.6 Å². The minimum absolute atomic E-state index is 0.0530. The lowest BCUT2D eigenvalue weighted by atomic mass is 10.2. The van der Waals surface area contributed by atoms with Gasteiger partial charge in [-0.2, -0.15) is 0 Å². The van der Waals surface area contributed by atoms with E-state index in [0.717, 1.165) is 0 Å². The topological polar surface area (TPSA) is 92.6 Å². The number of rotatable bonds is 3. The van der Waals surface area contributed by atoms with Crippen molar-refractivity contribution < 1.29 is 14.5 Å². The van der Waals surface area contributed by atoms with Crippen LogP contribution in [0.1, 0.15) is 23.7 Å². The maximum Gasteiger partial charge on any atom is 0.270 e. The minimum Gasteiger partial charge on any atom is -0.352 e. The molecule has 112 valence electrons. The second-order valence-electron chi connectivity index (χ2n) is 4.86. The van der Waals surface area contributed by atoms with Crippen LogP contribution in [0, 0.1) is 13.7 Å². The summed E-state index contributed by atoms with van der Waals surface area (Å²) in [5.41, 5.74) is 0.227. The minimum atomic E-state index is -0.517. The van der Waals surface area contributed by atoms with Crippen LogP contribution in [-0.4, -0.2) is 40.8 Å². The molecule has 1 aromatic rings. The third kappa shape index (κ3) is 3.69. The molecule has 0 saturated carbocycles. The van der Waals surface area contributed by atoms with E-state index in [4.69, 9.17) is 0 Å². The largest absolute Gasteiger partial charge is 0.352 e. The fraction of sp³-hybridized carbons (Fsp3) is 0.385. The predicted molar refractivity (Wildman–Crippen MR) is 83.9 cm³/mol. The number of nitrogens with one attached hydrogen (secondary N) is 1. The van der Waals surface area contributed by atoms with Crippen molar-refractivity contribution in [2.45, 2.75) is 19.4 Å². The van der Waals surface area contributed by atoms with Gasteiger partial charge in [-0.15, -0.1) is 0 Å². The SMILES string of the molecule is CC(=O)NC1CCN(C(=O)c2cc([N+](=O)[O-])ccc2I)C1. The lowest BCUT2D eigenvalue weighted by Gasteiger charge is -2.17. The highest BCUT2D eigenvalue weighted by Gasteiger charge is 2.29. The molecule has 7 nitrogen and oxygen atoms in total. The molecular weight excluding hydrogens is 389 g/mol. The average molecular weight is 403 g/mol. The zero-order valence-electron chi connectivity index (χ0n) is 11.3. The lowest BCUT2D eigenvalue weighted by Crippen LogP contribution is -2.37. The molecule has 1 unspecified atom stereocenters. The van der Waals surface area contributed by atoms with Crippen LogP contribution in [0.25, 0.3) is 0 Å². The maximum absolute atomic E-state index is 12.5. The summed E-state index contributed by atoms with van der Waals surface area (Å²) in [5, 5.41) is 13.6. The van der Waals surface area contributed by atoms with E-state index in [1.54, 1.807) is 11.0 Å². The van der Waals surface area contributed by atoms with Crippen LogP contribution < -0.4 is 5.32 Å².